The molecule has 0 saturated heterocycles. The molecule has 31 heavy (non-hydrogen) atoms. The van der Waals surface area contributed by atoms with Crippen LogP contribution in [0.3, 0.4) is 0 Å². The quantitative estimate of drug-likeness (QED) is 0.386. The number of aromatic nitrogens is 2. The fourth-order valence-corrected chi connectivity index (χ4v) is 3.84. The summed E-state index contributed by atoms with van der Waals surface area (Å²) in [5.74, 6) is -0.00374. The minimum absolute atomic E-state index is 0.00374. The maximum absolute atomic E-state index is 13.0. The van der Waals surface area contributed by atoms with Crippen molar-refractivity contribution in [3.63, 3.8) is 0 Å². The van der Waals surface area contributed by atoms with Crippen LogP contribution in [-0.2, 0) is 13.1 Å². The third kappa shape index (κ3) is 4.70. The van der Waals surface area contributed by atoms with Crippen molar-refractivity contribution in [3.8, 4) is 11.3 Å². The molecule has 1 aromatic heterocycles. The summed E-state index contributed by atoms with van der Waals surface area (Å²) >= 11 is 6.35. The predicted octanol–water partition coefficient (Wildman–Crippen LogP) is 5.83. The van der Waals surface area contributed by atoms with E-state index in [1.807, 2.05) is 104 Å². The van der Waals surface area contributed by atoms with Gasteiger partial charge in [-0.25, -0.2) is 0 Å². The van der Waals surface area contributed by atoms with Crippen molar-refractivity contribution in [1.29, 1.82) is 0 Å². The minimum atomic E-state index is -0.00374. The molecule has 0 unspecified atom stereocenters. The molecule has 0 N–H and O–H groups in total. The van der Waals surface area contributed by atoms with Crippen LogP contribution in [-0.4, -0.2) is 27.6 Å². The van der Waals surface area contributed by atoms with Gasteiger partial charge in [0.2, 0.25) is 0 Å². The van der Waals surface area contributed by atoms with E-state index in [2.05, 4.69) is 0 Å². The van der Waals surface area contributed by atoms with Crippen LogP contribution in [0, 0.1) is 6.92 Å². The summed E-state index contributed by atoms with van der Waals surface area (Å²) in [6, 6.07) is 25.5. The Bertz CT molecular complexity index is 1200. The molecule has 0 spiro atoms. The van der Waals surface area contributed by atoms with Crippen molar-refractivity contribution >= 4 is 17.5 Å². The molecule has 0 bridgehead atoms. The van der Waals surface area contributed by atoms with Gasteiger partial charge in [-0.2, -0.15) is 5.10 Å². The standard InChI is InChI=1S/C26H24ClN3O/c1-19-10-6-8-14-23(19)26(31)29(2)16-22-18-30(17-21-13-7-9-15-24(21)27)28-25(22)20-11-4-3-5-12-20/h3-15,18H,16-17H2,1-2H3. The second-order valence-corrected chi connectivity index (χ2v) is 8.04. The van der Waals surface area contributed by atoms with Crippen molar-refractivity contribution in [2.75, 3.05) is 7.05 Å². The summed E-state index contributed by atoms with van der Waals surface area (Å²) in [6.07, 6.45) is 2.01. The van der Waals surface area contributed by atoms with Crippen LogP contribution in [0.1, 0.15) is 27.0 Å². The highest BCUT2D eigenvalue weighted by molar-refractivity contribution is 6.31. The van der Waals surface area contributed by atoms with Gasteiger partial charge in [-0.3, -0.25) is 9.48 Å². The first-order valence-electron chi connectivity index (χ1n) is 10.2. The summed E-state index contributed by atoms with van der Waals surface area (Å²) in [4.78, 5) is 14.8. The second-order valence-electron chi connectivity index (χ2n) is 7.63. The topological polar surface area (TPSA) is 38.1 Å². The molecule has 0 aliphatic heterocycles. The van der Waals surface area contributed by atoms with Gasteiger partial charge in [0.25, 0.3) is 5.91 Å². The fraction of sp³-hybridized carbons (Fsp3) is 0.154. The van der Waals surface area contributed by atoms with Crippen molar-refractivity contribution in [2.45, 2.75) is 20.0 Å². The molecular formula is C26H24ClN3O. The van der Waals surface area contributed by atoms with Crippen LogP contribution >= 0.6 is 11.6 Å². The van der Waals surface area contributed by atoms with E-state index in [4.69, 9.17) is 16.7 Å². The number of benzene rings is 3. The first-order chi connectivity index (χ1) is 15.0. The zero-order chi connectivity index (χ0) is 21.8. The Labute approximate surface area is 187 Å². The molecule has 4 rings (SSSR count). The smallest absolute Gasteiger partial charge is 0.254 e. The maximum Gasteiger partial charge on any atom is 0.254 e. The van der Waals surface area contributed by atoms with Crippen molar-refractivity contribution in [1.82, 2.24) is 14.7 Å². The van der Waals surface area contributed by atoms with Gasteiger partial charge >= 0.3 is 0 Å². The van der Waals surface area contributed by atoms with E-state index in [0.717, 1.165) is 33.5 Å². The average molecular weight is 430 g/mol. The van der Waals surface area contributed by atoms with Crippen LogP contribution < -0.4 is 0 Å². The molecule has 156 valence electrons. The molecular weight excluding hydrogens is 406 g/mol. The fourth-order valence-electron chi connectivity index (χ4n) is 3.65. The monoisotopic (exact) mass is 429 g/mol. The lowest BCUT2D eigenvalue weighted by Crippen LogP contribution is -2.26. The van der Waals surface area contributed by atoms with Crippen LogP contribution in [0.25, 0.3) is 11.3 Å². The van der Waals surface area contributed by atoms with Crippen molar-refractivity contribution < 1.29 is 4.79 Å². The lowest BCUT2D eigenvalue weighted by molar-refractivity contribution is 0.0784. The lowest BCUT2D eigenvalue weighted by Gasteiger charge is -2.18. The molecule has 1 amide bonds. The first-order valence-corrected chi connectivity index (χ1v) is 10.6. The van der Waals surface area contributed by atoms with Crippen LogP contribution in [0.15, 0.2) is 85.1 Å². The highest BCUT2D eigenvalue weighted by Crippen LogP contribution is 2.25. The predicted molar refractivity (Wildman–Crippen MR) is 125 cm³/mol. The van der Waals surface area contributed by atoms with Gasteiger partial charge < -0.3 is 4.90 Å². The number of rotatable bonds is 6. The van der Waals surface area contributed by atoms with Crippen LogP contribution in [0.4, 0.5) is 0 Å². The van der Waals surface area contributed by atoms with Crippen molar-refractivity contribution in [3.05, 3.63) is 112 Å². The Morgan fingerprint density at radius 1 is 0.935 bits per heavy atom. The number of hydrogen-bond donors (Lipinski definition) is 0. The summed E-state index contributed by atoms with van der Waals surface area (Å²) in [7, 11) is 1.83. The van der Waals surface area contributed by atoms with E-state index in [-0.39, 0.29) is 5.91 Å². The first kappa shape index (κ1) is 20.9. The van der Waals surface area contributed by atoms with E-state index in [1.54, 1.807) is 4.90 Å². The van der Waals surface area contributed by atoms with Gasteiger partial charge in [0.05, 0.1) is 12.2 Å². The number of aryl methyl sites for hydroxylation is 1. The average Bonchev–Trinajstić information content (AvgIpc) is 3.18. The molecule has 0 radical (unpaired) electrons. The molecule has 0 fully saturated rings. The molecule has 4 aromatic rings. The SMILES string of the molecule is Cc1ccccc1C(=O)N(C)Cc1cn(Cc2ccccc2Cl)nc1-c1ccccc1. The van der Waals surface area contributed by atoms with E-state index in [9.17, 15) is 4.79 Å². The summed E-state index contributed by atoms with van der Waals surface area (Å²) < 4.78 is 1.89. The Kier molecular flexibility index (Phi) is 6.19. The highest BCUT2D eigenvalue weighted by atomic mass is 35.5. The molecule has 0 saturated carbocycles. The third-order valence-corrected chi connectivity index (χ3v) is 5.67. The normalized spacial score (nSPS) is 10.8. The van der Waals surface area contributed by atoms with Gasteiger partial charge in [0.1, 0.15) is 0 Å². The molecule has 0 aliphatic rings. The molecule has 4 nitrogen and oxygen atoms in total. The van der Waals surface area contributed by atoms with Crippen LogP contribution in [0.2, 0.25) is 5.02 Å². The number of hydrogen-bond acceptors (Lipinski definition) is 2. The third-order valence-electron chi connectivity index (χ3n) is 5.30. The second kappa shape index (κ2) is 9.19. The van der Waals surface area contributed by atoms with Gasteiger partial charge in [0, 0.05) is 41.5 Å². The molecule has 1 heterocycles. The lowest BCUT2D eigenvalue weighted by atomic mass is 10.1. The Morgan fingerprint density at radius 2 is 1.61 bits per heavy atom. The van der Waals surface area contributed by atoms with Gasteiger partial charge in [-0.1, -0.05) is 78.3 Å². The minimum Gasteiger partial charge on any atom is -0.337 e. The number of carbonyl (C=O) groups excluding carboxylic acids is 1. The van der Waals surface area contributed by atoms with Gasteiger partial charge in [0.15, 0.2) is 0 Å². The Hall–Kier alpha value is -3.37. The van der Waals surface area contributed by atoms with E-state index in [0.29, 0.717) is 18.1 Å². The summed E-state index contributed by atoms with van der Waals surface area (Å²) in [5, 5.41) is 5.56. The molecule has 5 heteroatoms. The van der Waals surface area contributed by atoms with E-state index < -0.39 is 0 Å². The number of carbonyl (C=O) groups is 1. The Morgan fingerprint density at radius 3 is 2.35 bits per heavy atom. The van der Waals surface area contributed by atoms with E-state index >= 15 is 0 Å². The highest BCUT2D eigenvalue weighted by Gasteiger charge is 2.18. The van der Waals surface area contributed by atoms with E-state index in [1.165, 1.54) is 0 Å². The van der Waals surface area contributed by atoms with Crippen molar-refractivity contribution in [2.24, 2.45) is 0 Å². The number of amides is 1. The zero-order valence-electron chi connectivity index (χ0n) is 17.6. The maximum atomic E-state index is 13.0. The molecule has 3 aromatic carbocycles. The largest absolute Gasteiger partial charge is 0.337 e. The van der Waals surface area contributed by atoms with Crippen LogP contribution in [0.5, 0.6) is 0 Å². The summed E-state index contributed by atoms with van der Waals surface area (Å²) in [6.45, 7) is 2.98. The van der Waals surface area contributed by atoms with Gasteiger partial charge in [-0.15, -0.1) is 0 Å². The number of halogens is 1. The number of nitrogens with zero attached hydrogens (tertiary/aromatic N) is 3. The zero-order valence-corrected chi connectivity index (χ0v) is 18.4. The summed E-state index contributed by atoms with van der Waals surface area (Å²) in [5.41, 5.74) is 5.57. The Balaban J connectivity index is 1.65. The molecule has 0 atom stereocenters. The molecule has 0 aliphatic carbocycles. The van der Waals surface area contributed by atoms with Gasteiger partial charge in [-0.05, 0) is 30.2 Å².